The summed E-state index contributed by atoms with van der Waals surface area (Å²) in [4.78, 5) is 4.26. The van der Waals surface area contributed by atoms with Crippen molar-refractivity contribution in [1.82, 2.24) is 0 Å². The van der Waals surface area contributed by atoms with Gasteiger partial charge in [0.05, 0.1) is 0 Å². The summed E-state index contributed by atoms with van der Waals surface area (Å²) in [6, 6.07) is 41.3. The van der Waals surface area contributed by atoms with Gasteiger partial charge < -0.3 is 10.5 Å². The molecular formula is C29H23NOS. The Hall–Kier alpha value is -3.82. The predicted molar refractivity (Wildman–Crippen MR) is 133 cm³/mol. The van der Waals surface area contributed by atoms with Gasteiger partial charge in [-0.1, -0.05) is 78.9 Å². The van der Waals surface area contributed by atoms with Gasteiger partial charge in [0.1, 0.15) is 5.75 Å². The summed E-state index contributed by atoms with van der Waals surface area (Å²) in [6.07, 6.45) is 1.27. The normalized spacial score (nSPS) is 11.9. The largest absolute Gasteiger partial charge is 0.506 e. The van der Waals surface area contributed by atoms with Crippen LogP contribution in [0.4, 0.5) is 0 Å². The average Bonchev–Trinajstić information content (AvgIpc) is 2.87. The van der Waals surface area contributed by atoms with Crippen molar-refractivity contribution in [2.75, 3.05) is 0 Å². The number of hydrogen-bond donors (Lipinski definition) is 2. The Kier molecular flexibility index (Phi) is 5.26. The van der Waals surface area contributed by atoms with Crippen LogP contribution in [0.15, 0.2) is 141 Å². The van der Waals surface area contributed by atoms with E-state index in [0.29, 0.717) is 5.56 Å². The summed E-state index contributed by atoms with van der Waals surface area (Å²) in [7, 11) is -2.02. The van der Waals surface area contributed by atoms with E-state index in [2.05, 4.69) is 84.9 Å². The van der Waals surface area contributed by atoms with Crippen LogP contribution < -0.4 is 0 Å². The lowest BCUT2D eigenvalue weighted by Gasteiger charge is -2.42. The topological polar surface area (TPSA) is 44.1 Å². The molecule has 5 aromatic rings. The maximum Gasteiger partial charge on any atom is 0.137 e. The molecule has 0 atom stereocenters. The van der Waals surface area contributed by atoms with Gasteiger partial charge in [0.25, 0.3) is 0 Å². The van der Waals surface area contributed by atoms with E-state index in [-0.39, 0.29) is 5.75 Å². The van der Waals surface area contributed by atoms with Crippen LogP contribution in [-0.2, 0) is 0 Å². The highest BCUT2D eigenvalue weighted by Gasteiger charge is 2.36. The highest BCUT2D eigenvalue weighted by molar-refractivity contribution is 8.34. The van der Waals surface area contributed by atoms with Crippen LogP contribution in [0.1, 0.15) is 5.56 Å². The minimum atomic E-state index is -2.02. The van der Waals surface area contributed by atoms with Crippen LogP contribution in [0.5, 0.6) is 5.75 Å². The van der Waals surface area contributed by atoms with Crippen molar-refractivity contribution in [3.63, 3.8) is 0 Å². The molecule has 0 radical (unpaired) electrons. The zero-order valence-corrected chi connectivity index (χ0v) is 18.3. The first-order valence-electron chi connectivity index (χ1n) is 10.5. The van der Waals surface area contributed by atoms with E-state index >= 15 is 0 Å². The minimum Gasteiger partial charge on any atom is -0.506 e. The van der Waals surface area contributed by atoms with Gasteiger partial charge in [0.15, 0.2) is 0 Å². The second-order valence-electron chi connectivity index (χ2n) is 7.55. The number of phenolic OH excluding ortho intramolecular Hbond substituents is 1. The van der Waals surface area contributed by atoms with Crippen molar-refractivity contribution in [1.29, 1.82) is 5.41 Å². The molecule has 32 heavy (non-hydrogen) atoms. The molecule has 0 spiro atoms. The fourth-order valence-corrected chi connectivity index (χ4v) is 8.36. The lowest BCUT2D eigenvalue weighted by molar-refractivity contribution is 0.462. The van der Waals surface area contributed by atoms with E-state index in [4.69, 9.17) is 5.41 Å². The van der Waals surface area contributed by atoms with Crippen molar-refractivity contribution >= 4 is 27.0 Å². The smallest absolute Gasteiger partial charge is 0.137 e. The maximum absolute atomic E-state index is 11.7. The molecule has 0 bridgehead atoms. The summed E-state index contributed by atoms with van der Waals surface area (Å²) in [6.45, 7) is 0. The lowest BCUT2D eigenvalue weighted by atomic mass is 10.0. The van der Waals surface area contributed by atoms with E-state index in [1.54, 1.807) is 0 Å². The molecule has 0 aliphatic heterocycles. The minimum absolute atomic E-state index is 0.172. The van der Waals surface area contributed by atoms with Gasteiger partial charge >= 0.3 is 0 Å². The number of aromatic hydroxyl groups is 1. The zero-order chi connectivity index (χ0) is 22.0. The maximum atomic E-state index is 11.7. The van der Waals surface area contributed by atoms with Crippen molar-refractivity contribution in [3.05, 3.63) is 127 Å². The first-order valence-corrected chi connectivity index (χ1v) is 12.1. The Labute approximate surface area is 189 Å². The first-order chi connectivity index (χ1) is 15.8. The van der Waals surface area contributed by atoms with E-state index in [9.17, 15) is 5.11 Å². The number of hydrogen-bond acceptors (Lipinski definition) is 2. The Morgan fingerprint density at radius 1 is 0.594 bits per heavy atom. The van der Waals surface area contributed by atoms with Gasteiger partial charge in [-0.25, -0.2) is 0 Å². The van der Waals surface area contributed by atoms with Gasteiger partial charge in [0.2, 0.25) is 0 Å². The molecular weight excluding hydrogens is 410 g/mol. The molecule has 156 valence electrons. The molecule has 5 rings (SSSR count). The second-order valence-corrected chi connectivity index (χ2v) is 10.6. The van der Waals surface area contributed by atoms with Gasteiger partial charge in [-0.2, -0.15) is 0 Å². The molecule has 0 amide bonds. The van der Waals surface area contributed by atoms with E-state index in [1.807, 2.05) is 36.4 Å². The van der Waals surface area contributed by atoms with E-state index < -0.39 is 10.0 Å². The fourth-order valence-electron chi connectivity index (χ4n) is 4.38. The molecule has 0 unspecified atom stereocenters. The molecule has 0 aliphatic carbocycles. The highest BCUT2D eigenvalue weighted by Crippen LogP contribution is 2.75. The molecule has 2 N–H and O–H groups in total. The number of nitrogens with one attached hydrogen (secondary N) is 1. The zero-order valence-electron chi connectivity index (χ0n) is 17.5. The number of benzene rings is 5. The van der Waals surface area contributed by atoms with Crippen LogP contribution in [0, 0.1) is 5.41 Å². The number of phenols is 1. The third-order valence-corrected chi connectivity index (χ3v) is 9.70. The first kappa shape index (κ1) is 20.1. The van der Waals surface area contributed by atoms with Gasteiger partial charge in [-0.05, 0) is 53.2 Å². The molecule has 0 aliphatic rings. The van der Waals surface area contributed by atoms with Crippen molar-refractivity contribution in [3.8, 4) is 5.75 Å². The monoisotopic (exact) mass is 433 g/mol. The fraction of sp³-hybridized carbons (Fsp3) is 0. The summed E-state index contributed by atoms with van der Waals surface area (Å²) in [5.41, 5.74) is 0.553. The Morgan fingerprint density at radius 3 is 1.50 bits per heavy atom. The van der Waals surface area contributed by atoms with E-state index in [1.165, 1.54) is 6.21 Å². The third kappa shape index (κ3) is 3.10. The molecule has 3 heteroatoms. The van der Waals surface area contributed by atoms with Crippen LogP contribution in [0.3, 0.4) is 0 Å². The van der Waals surface area contributed by atoms with Crippen molar-refractivity contribution < 1.29 is 5.11 Å². The summed E-state index contributed by atoms with van der Waals surface area (Å²) in [5, 5.41) is 21.7. The standard InChI is InChI=1S/C29H23NOS/c30-21-27-26-19-11-10-12-22(26)20-28(29(27)31)32(23-13-4-1-5-14-23,24-15-6-2-7-16-24)25-17-8-3-9-18-25/h1-21,30-31H. The van der Waals surface area contributed by atoms with Crippen molar-refractivity contribution in [2.24, 2.45) is 0 Å². The molecule has 0 saturated heterocycles. The van der Waals surface area contributed by atoms with Crippen LogP contribution in [0.25, 0.3) is 10.8 Å². The Balaban J connectivity index is 2.01. The lowest BCUT2D eigenvalue weighted by Crippen LogP contribution is -2.06. The van der Waals surface area contributed by atoms with Crippen LogP contribution >= 0.6 is 10.0 Å². The third-order valence-electron chi connectivity index (χ3n) is 5.79. The highest BCUT2D eigenvalue weighted by atomic mass is 32.3. The van der Waals surface area contributed by atoms with Crippen LogP contribution in [-0.4, -0.2) is 11.3 Å². The average molecular weight is 434 g/mol. The van der Waals surface area contributed by atoms with Crippen LogP contribution in [0.2, 0.25) is 0 Å². The van der Waals surface area contributed by atoms with Gasteiger partial charge in [0, 0.05) is 31.4 Å². The van der Waals surface area contributed by atoms with Gasteiger partial charge in [-0.3, -0.25) is 0 Å². The number of rotatable bonds is 5. The molecule has 0 aromatic heterocycles. The molecule has 0 heterocycles. The molecule has 2 nitrogen and oxygen atoms in total. The summed E-state index contributed by atoms with van der Waals surface area (Å²) < 4.78 is 0. The quantitative estimate of drug-likeness (QED) is 0.272. The Bertz CT molecular complexity index is 1290. The second kappa shape index (κ2) is 8.37. The molecule has 5 aromatic carbocycles. The summed E-state index contributed by atoms with van der Waals surface area (Å²) in [5.74, 6) is 0.172. The van der Waals surface area contributed by atoms with E-state index in [0.717, 1.165) is 30.4 Å². The summed E-state index contributed by atoms with van der Waals surface area (Å²) >= 11 is 0. The molecule has 0 fully saturated rings. The SMILES string of the molecule is N=Cc1c(O)c(S(c2ccccc2)(c2ccccc2)c2ccccc2)cc2ccccc12. The molecule has 0 saturated carbocycles. The van der Waals surface area contributed by atoms with Gasteiger partial charge in [-0.15, -0.1) is 10.0 Å². The van der Waals surface area contributed by atoms with Crippen molar-refractivity contribution in [2.45, 2.75) is 19.6 Å². The Morgan fingerprint density at radius 2 is 1.03 bits per heavy atom. The predicted octanol–water partition coefficient (Wildman–Crippen LogP) is 7.88. The number of fused-ring (bicyclic) bond motifs is 1.